The highest BCUT2D eigenvalue weighted by molar-refractivity contribution is 5.85. The zero-order valence-corrected chi connectivity index (χ0v) is 10.6. The summed E-state index contributed by atoms with van der Waals surface area (Å²) >= 11 is 0. The number of nitrogens with two attached hydrogens (primary N) is 1. The fourth-order valence-corrected chi connectivity index (χ4v) is 2.37. The van der Waals surface area contributed by atoms with E-state index in [0.29, 0.717) is 6.10 Å². The molecule has 94 valence electrons. The zero-order chi connectivity index (χ0) is 11.0. The average Bonchev–Trinajstić information content (AvgIpc) is 2.77. The third kappa shape index (κ3) is 2.67. The van der Waals surface area contributed by atoms with Crippen molar-refractivity contribution in [1.29, 1.82) is 0 Å². The van der Waals surface area contributed by atoms with Crippen molar-refractivity contribution in [2.45, 2.75) is 57.4 Å². The van der Waals surface area contributed by atoms with E-state index in [0.717, 1.165) is 19.3 Å². The van der Waals surface area contributed by atoms with Crippen LogP contribution in [-0.2, 0) is 9.53 Å². The quantitative estimate of drug-likeness (QED) is 0.778. The first-order valence-corrected chi connectivity index (χ1v) is 5.79. The topological polar surface area (TPSA) is 64.4 Å². The van der Waals surface area contributed by atoms with Crippen molar-refractivity contribution in [3.05, 3.63) is 0 Å². The van der Waals surface area contributed by atoms with Crippen molar-refractivity contribution < 1.29 is 9.53 Å². The lowest BCUT2D eigenvalue weighted by Gasteiger charge is -2.23. The summed E-state index contributed by atoms with van der Waals surface area (Å²) in [7, 11) is 0. The maximum Gasteiger partial charge on any atom is 0.237 e. The lowest BCUT2D eigenvalue weighted by atomic mass is 9.94. The number of fused-ring (bicyclic) bond motifs is 2. The molecular weight excluding hydrogens is 228 g/mol. The predicted octanol–water partition coefficient (Wildman–Crippen LogP) is 0.828. The number of rotatable bonds is 3. The standard InChI is InChI=1S/C11H20N2O2.ClH/c1-6(2)10(12)11(14)13-8-5-7-3-4-9(8)15-7;/h6-10H,3-5,12H2,1-2H3,(H,13,14);1H/t7-,8-,9+,10+;/m1./s1. The van der Waals surface area contributed by atoms with Crippen LogP contribution in [0.3, 0.4) is 0 Å². The monoisotopic (exact) mass is 248 g/mol. The molecule has 16 heavy (non-hydrogen) atoms. The van der Waals surface area contributed by atoms with E-state index in [1.807, 2.05) is 13.8 Å². The van der Waals surface area contributed by atoms with Gasteiger partial charge in [0.15, 0.2) is 0 Å². The van der Waals surface area contributed by atoms with Gasteiger partial charge in [-0.3, -0.25) is 4.79 Å². The molecule has 0 aromatic rings. The van der Waals surface area contributed by atoms with Crippen LogP contribution in [0.2, 0.25) is 0 Å². The third-order valence-corrected chi connectivity index (χ3v) is 3.45. The zero-order valence-electron chi connectivity index (χ0n) is 9.81. The number of ether oxygens (including phenoxy) is 1. The minimum atomic E-state index is -0.399. The molecule has 3 N–H and O–H groups in total. The Morgan fingerprint density at radius 2 is 2.12 bits per heavy atom. The van der Waals surface area contributed by atoms with E-state index in [9.17, 15) is 4.79 Å². The van der Waals surface area contributed by atoms with Crippen LogP contribution in [-0.4, -0.2) is 30.2 Å². The van der Waals surface area contributed by atoms with Crippen molar-refractivity contribution in [3.8, 4) is 0 Å². The van der Waals surface area contributed by atoms with Crippen LogP contribution in [0.15, 0.2) is 0 Å². The van der Waals surface area contributed by atoms with Gasteiger partial charge in [0.25, 0.3) is 0 Å². The molecule has 0 radical (unpaired) electrons. The van der Waals surface area contributed by atoms with E-state index in [2.05, 4.69) is 5.32 Å². The maximum atomic E-state index is 11.7. The third-order valence-electron chi connectivity index (χ3n) is 3.45. The number of hydrogen-bond acceptors (Lipinski definition) is 3. The molecule has 0 unspecified atom stereocenters. The van der Waals surface area contributed by atoms with Crippen LogP contribution in [0.5, 0.6) is 0 Å². The number of carbonyl (C=O) groups is 1. The Hall–Kier alpha value is -0.320. The Balaban J connectivity index is 0.00000128. The molecule has 2 saturated heterocycles. The van der Waals surface area contributed by atoms with E-state index in [1.165, 1.54) is 0 Å². The highest BCUT2D eigenvalue weighted by Gasteiger charge is 2.41. The SMILES string of the molecule is CC(C)[C@H](N)C(=O)N[C@@H]1C[C@H]2CC[C@@H]1O2.Cl. The second-order valence-corrected chi connectivity index (χ2v) is 4.99. The van der Waals surface area contributed by atoms with Gasteiger partial charge < -0.3 is 15.8 Å². The molecule has 0 saturated carbocycles. The van der Waals surface area contributed by atoms with Crippen LogP contribution in [0.25, 0.3) is 0 Å². The van der Waals surface area contributed by atoms with Gasteiger partial charge in [0.05, 0.1) is 24.3 Å². The first kappa shape index (κ1) is 13.7. The van der Waals surface area contributed by atoms with Crippen LogP contribution in [0.4, 0.5) is 0 Å². The molecule has 2 heterocycles. The molecule has 0 aromatic carbocycles. The number of halogens is 1. The van der Waals surface area contributed by atoms with Crippen LogP contribution in [0.1, 0.15) is 33.1 Å². The van der Waals surface area contributed by atoms with Crippen LogP contribution >= 0.6 is 12.4 Å². The van der Waals surface area contributed by atoms with Crippen LogP contribution < -0.4 is 11.1 Å². The molecule has 0 spiro atoms. The number of nitrogens with one attached hydrogen (secondary N) is 1. The van der Waals surface area contributed by atoms with Crippen LogP contribution in [0, 0.1) is 5.92 Å². The second kappa shape index (κ2) is 5.34. The molecule has 4 atom stereocenters. The normalized spacial score (nSPS) is 33.6. The van der Waals surface area contributed by atoms with Crippen molar-refractivity contribution in [3.63, 3.8) is 0 Å². The summed E-state index contributed by atoms with van der Waals surface area (Å²) in [5.74, 6) is 0.149. The average molecular weight is 249 g/mol. The van der Waals surface area contributed by atoms with Crippen molar-refractivity contribution in [1.82, 2.24) is 5.32 Å². The van der Waals surface area contributed by atoms with E-state index in [-0.39, 0.29) is 36.4 Å². The highest BCUT2D eigenvalue weighted by atomic mass is 35.5. The Kier molecular flexibility index (Phi) is 4.59. The van der Waals surface area contributed by atoms with Gasteiger partial charge in [0, 0.05) is 0 Å². The van der Waals surface area contributed by atoms with Crippen molar-refractivity contribution >= 4 is 18.3 Å². The van der Waals surface area contributed by atoms with Gasteiger partial charge in [0.1, 0.15) is 0 Å². The van der Waals surface area contributed by atoms with E-state index in [4.69, 9.17) is 10.5 Å². The summed E-state index contributed by atoms with van der Waals surface area (Å²) in [5.41, 5.74) is 5.78. The molecule has 0 aliphatic carbocycles. The van der Waals surface area contributed by atoms with Gasteiger partial charge in [-0.1, -0.05) is 13.8 Å². The summed E-state index contributed by atoms with van der Waals surface area (Å²) in [6.07, 6.45) is 3.79. The maximum absolute atomic E-state index is 11.7. The van der Waals surface area contributed by atoms with Gasteiger partial charge in [-0.2, -0.15) is 0 Å². The summed E-state index contributed by atoms with van der Waals surface area (Å²) in [4.78, 5) is 11.7. The molecule has 1 amide bonds. The minimum Gasteiger partial charge on any atom is -0.373 e. The molecular formula is C11H21ClN2O2. The van der Waals surface area contributed by atoms with Gasteiger partial charge in [-0.05, 0) is 25.2 Å². The smallest absolute Gasteiger partial charge is 0.237 e. The Bertz CT molecular complexity index is 260. The Labute approximate surface area is 103 Å². The lowest BCUT2D eigenvalue weighted by molar-refractivity contribution is -0.124. The molecule has 0 aromatic heterocycles. The number of carbonyl (C=O) groups excluding carboxylic acids is 1. The first-order chi connectivity index (χ1) is 7.08. The molecule has 2 bridgehead atoms. The van der Waals surface area contributed by atoms with Crippen molar-refractivity contribution in [2.75, 3.05) is 0 Å². The molecule has 2 fully saturated rings. The predicted molar refractivity (Wildman–Crippen MR) is 64.5 cm³/mol. The van der Waals surface area contributed by atoms with E-state index < -0.39 is 6.04 Å². The Morgan fingerprint density at radius 3 is 2.56 bits per heavy atom. The van der Waals surface area contributed by atoms with Gasteiger partial charge >= 0.3 is 0 Å². The molecule has 4 nitrogen and oxygen atoms in total. The van der Waals surface area contributed by atoms with Crippen molar-refractivity contribution in [2.24, 2.45) is 11.7 Å². The van der Waals surface area contributed by atoms with Gasteiger partial charge in [-0.25, -0.2) is 0 Å². The minimum absolute atomic E-state index is 0. The molecule has 2 rings (SSSR count). The summed E-state index contributed by atoms with van der Waals surface area (Å²) in [5, 5.41) is 3.00. The lowest BCUT2D eigenvalue weighted by Crippen LogP contribution is -2.50. The van der Waals surface area contributed by atoms with Gasteiger partial charge in [0.2, 0.25) is 5.91 Å². The molecule has 5 heteroatoms. The summed E-state index contributed by atoms with van der Waals surface area (Å²) < 4.78 is 5.67. The number of hydrogen-bond donors (Lipinski definition) is 2. The summed E-state index contributed by atoms with van der Waals surface area (Å²) in [6, 6.07) is -0.204. The molecule has 2 aliphatic heterocycles. The Morgan fingerprint density at radius 1 is 1.44 bits per heavy atom. The second-order valence-electron chi connectivity index (χ2n) is 4.99. The highest BCUT2D eigenvalue weighted by Crippen LogP contribution is 2.34. The summed E-state index contributed by atoms with van der Waals surface area (Å²) in [6.45, 7) is 3.92. The fourth-order valence-electron chi connectivity index (χ4n) is 2.37. The fraction of sp³-hybridized carbons (Fsp3) is 0.909. The number of amides is 1. The van der Waals surface area contributed by atoms with E-state index >= 15 is 0 Å². The molecule has 2 aliphatic rings. The van der Waals surface area contributed by atoms with Gasteiger partial charge in [-0.15, -0.1) is 12.4 Å². The largest absolute Gasteiger partial charge is 0.373 e. The van der Waals surface area contributed by atoms with E-state index in [1.54, 1.807) is 0 Å². The first-order valence-electron chi connectivity index (χ1n) is 5.79.